The van der Waals surface area contributed by atoms with Gasteiger partial charge in [0.05, 0.1) is 18.0 Å². The number of carbonyl (C=O) groups excluding carboxylic acids is 1. The van der Waals surface area contributed by atoms with E-state index in [4.69, 9.17) is 15.3 Å². The second kappa shape index (κ2) is 7.07. The Morgan fingerprint density at radius 2 is 2.15 bits per heavy atom. The molecule has 6 nitrogen and oxygen atoms in total. The summed E-state index contributed by atoms with van der Waals surface area (Å²) < 4.78 is 4.96. The number of rotatable bonds is 5. The number of nitrogens with zero attached hydrogens (tertiary/aromatic N) is 2. The first kappa shape index (κ1) is 15.4. The van der Waals surface area contributed by atoms with Crippen molar-refractivity contribution in [3.05, 3.63) is 23.3 Å². The first-order valence-electron chi connectivity index (χ1n) is 5.27. The van der Waals surface area contributed by atoms with Crippen LogP contribution >= 0.6 is 11.8 Å². The predicted molar refractivity (Wildman–Crippen MR) is 69.6 cm³/mol. The highest BCUT2D eigenvalue weighted by atomic mass is 32.2. The monoisotopic (exact) mass is 289 g/mol. The van der Waals surface area contributed by atoms with Crippen LogP contribution in [0.25, 0.3) is 6.08 Å². The fraction of sp³-hybridized carbons (Fsp3) is 0.154. The lowest BCUT2D eigenvalue weighted by Crippen LogP contribution is -2.24. The minimum Gasteiger partial charge on any atom is -0.549 e. The van der Waals surface area contributed by atoms with Gasteiger partial charge in [0.15, 0.2) is 11.5 Å². The number of carboxylic acid groups (broad SMARTS) is 1. The highest BCUT2D eigenvalue weighted by molar-refractivity contribution is 8.00. The Hall–Kier alpha value is -2.64. The van der Waals surface area contributed by atoms with Crippen LogP contribution in [0.15, 0.2) is 22.6 Å². The SMILES string of the molecule is COc1cc(C=C(C#N)C#N)cc(SCC(=O)[O-])c1O. The van der Waals surface area contributed by atoms with Gasteiger partial charge in [-0.1, -0.05) is 0 Å². The van der Waals surface area contributed by atoms with Gasteiger partial charge < -0.3 is 19.7 Å². The second-order valence-corrected chi connectivity index (χ2v) is 4.53. The van der Waals surface area contributed by atoms with Crippen molar-refractivity contribution in [3.63, 3.8) is 0 Å². The fourth-order valence-electron chi connectivity index (χ4n) is 1.34. The summed E-state index contributed by atoms with van der Waals surface area (Å²) in [6.07, 6.45) is 1.31. The molecule has 0 saturated carbocycles. The van der Waals surface area contributed by atoms with Crippen LogP contribution in [0.3, 0.4) is 0 Å². The number of hydrogen-bond donors (Lipinski definition) is 1. The summed E-state index contributed by atoms with van der Waals surface area (Å²) in [5.74, 6) is -1.70. The van der Waals surface area contributed by atoms with Crippen molar-refractivity contribution in [3.8, 4) is 23.6 Å². The van der Waals surface area contributed by atoms with Crippen molar-refractivity contribution in [2.24, 2.45) is 0 Å². The van der Waals surface area contributed by atoms with Crippen molar-refractivity contribution >= 4 is 23.8 Å². The van der Waals surface area contributed by atoms with Crippen LogP contribution in [0.4, 0.5) is 0 Å². The standard InChI is InChI=1S/C13H10N2O4S/c1-19-10-3-8(2-9(5-14)6-15)4-11(13(10)18)20-7-12(16)17/h2-4,18H,7H2,1H3,(H,16,17)/p-1. The molecule has 7 heteroatoms. The molecule has 0 fully saturated rings. The molecule has 0 bridgehead atoms. The second-order valence-electron chi connectivity index (χ2n) is 3.51. The normalized spacial score (nSPS) is 9.15. The Kier molecular flexibility index (Phi) is 5.45. The van der Waals surface area contributed by atoms with Crippen LogP contribution in [-0.2, 0) is 4.79 Å². The van der Waals surface area contributed by atoms with E-state index in [2.05, 4.69) is 0 Å². The molecule has 0 heterocycles. The minimum atomic E-state index is -1.27. The summed E-state index contributed by atoms with van der Waals surface area (Å²) in [5.41, 5.74) is 0.326. The number of methoxy groups -OCH3 is 1. The molecular weight excluding hydrogens is 280 g/mol. The average Bonchev–Trinajstić information content (AvgIpc) is 2.44. The molecule has 1 aromatic carbocycles. The number of hydrogen-bond acceptors (Lipinski definition) is 7. The van der Waals surface area contributed by atoms with Gasteiger partial charge in [-0.15, -0.1) is 11.8 Å². The quantitative estimate of drug-likeness (QED) is 0.625. The van der Waals surface area contributed by atoms with Crippen LogP contribution in [-0.4, -0.2) is 23.9 Å². The minimum absolute atomic E-state index is 0.117. The molecule has 1 aromatic rings. The molecule has 102 valence electrons. The van der Waals surface area contributed by atoms with Gasteiger partial charge in [-0.3, -0.25) is 0 Å². The third kappa shape index (κ3) is 3.94. The highest BCUT2D eigenvalue weighted by Crippen LogP contribution is 2.38. The Balaban J connectivity index is 3.25. The number of nitriles is 2. The van der Waals surface area contributed by atoms with Crippen LogP contribution in [0.5, 0.6) is 11.5 Å². The molecule has 0 saturated heterocycles. The van der Waals surface area contributed by atoms with E-state index in [0.717, 1.165) is 11.8 Å². The maximum Gasteiger partial charge on any atom is 0.171 e. The van der Waals surface area contributed by atoms with E-state index in [1.165, 1.54) is 25.3 Å². The molecule has 0 atom stereocenters. The molecule has 0 radical (unpaired) electrons. The molecule has 0 aliphatic heterocycles. The molecule has 0 aliphatic carbocycles. The van der Waals surface area contributed by atoms with Gasteiger partial charge in [0.1, 0.15) is 17.7 Å². The van der Waals surface area contributed by atoms with Crippen molar-refractivity contribution in [1.29, 1.82) is 10.5 Å². The van der Waals surface area contributed by atoms with Gasteiger partial charge in [0.25, 0.3) is 0 Å². The Labute approximate surface area is 119 Å². The molecular formula is C13H9N2O4S-. The van der Waals surface area contributed by atoms with Crippen molar-refractivity contribution in [2.75, 3.05) is 12.9 Å². The van der Waals surface area contributed by atoms with Gasteiger partial charge in [-0.2, -0.15) is 10.5 Å². The van der Waals surface area contributed by atoms with Crippen LogP contribution < -0.4 is 9.84 Å². The lowest BCUT2D eigenvalue weighted by Gasteiger charge is -2.10. The Bertz CT molecular complexity index is 625. The van der Waals surface area contributed by atoms with Gasteiger partial charge in [0.2, 0.25) is 0 Å². The van der Waals surface area contributed by atoms with Crippen molar-refractivity contribution in [2.45, 2.75) is 4.90 Å². The summed E-state index contributed by atoms with van der Waals surface area (Å²) in [7, 11) is 1.34. The number of carbonyl (C=O) groups is 1. The zero-order valence-electron chi connectivity index (χ0n) is 10.4. The number of carboxylic acids is 1. The molecule has 0 spiro atoms. The number of thioether (sulfide) groups is 1. The summed E-state index contributed by atoms with van der Waals surface area (Å²) in [6, 6.07) is 6.31. The molecule has 0 aromatic heterocycles. The largest absolute Gasteiger partial charge is 0.549 e. The van der Waals surface area contributed by atoms with E-state index in [-0.39, 0.29) is 27.7 Å². The van der Waals surface area contributed by atoms with Crippen LogP contribution in [0, 0.1) is 22.7 Å². The number of ether oxygens (including phenoxy) is 1. The summed E-state index contributed by atoms with van der Waals surface area (Å²) in [6.45, 7) is 0. The molecule has 1 N–H and O–H groups in total. The fourth-order valence-corrected chi connectivity index (χ4v) is 2.07. The van der Waals surface area contributed by atoms with Gasteiger partial charge >= 0.3 is 0 Å². The number of aliphatic carboxylic acids is 1. The zero-order chi connectivity index (χ0) is 15.1. The maximum absolute atomic E-state index is 10.5. The third-order valence-corrected chi connectivity index (χ3v) is 3.18. The molecule has 20 heavy (non-hydrogen) atoms. The third-order valence-electron chi connectivity index (χ3n) is 2.18. The maximum atomic E-state index is 10.5. The van der Waals surface area contributed by atoms with E-state index >= 15 is 0 Å². The summed E-state index contributed by atoms with van der Waals surface area (Å²) in [5, 5.41) is 37.7. The smallest absolute Gasteiger partial charge is 0.171 e. The molecule has 0 amide bonds. The number of phenols is 1. The first-order valence-corrected chi connectivity index (χ1v) is 6.26. The van der Waals surface area contributed by atoms with Gasteiger partial charge in [0, 0.05) is 5.75 Å². The molecule has 0 unspecified atom stereocenters. The molecule has 1 rings (SSSR count). The van der Waals surface area contributed by atoms with Crippen molar-refractivity contribution in [1.82, 2.24) is 0 Å². The Morgan fingerprint density at radius 1 is 1.50 bits per heavy atom. The van der Waals surface area contributed by atoms with Crippen LogP contribution in [0.1, 0.15) is 5.56 Å². The number of benzene rings is 1. The van der Waals surface area contributed by atoms with Gasteiger partial charge in [-0.25, -0.2) is 0 Å². The number of aromatic hydroxyl groups is 1. The average molecular weight is 289 g/mol. The van der Waals surface area contributed by atoms with Gasteiger partial charge in [-0.05, 0) is 23.8 Å². The summed E-state index contributed by atoms with van der Waals surface area (Å²) in [4.78, 5) is 10.7. The lowest BCUT2D eigenvalue weighted by molar-refractivity contribution is -0.301. The van der Waals surface area contributed by atoms with Crippen molar-refractivity contribution < 1.29 is 19.7 Å². The van der Waals surface area contributed by atoms with E-state index < -0.39 is 5.97 Å². The lowest BCUT2D eigenvalue weighted by atomic mass is 10.1. The Morgan fingerprint density at radius 3 is 2.65 bits per heavy atom. The predicted octanol–water partition coefficient (Wildman–Crippen LogP) is 0.673. The zero-order valence-corrected chi connectivity index (χ0v) is 11.2. The van der Waals surface area contributed by atoms with E-state index in [0.29, 0.717) is 5.56 Å². The summed E-state index contributed by atoms with van der Waals surface area (Å²) >= 11 is 0.854. The topological polar surface area (TPSA) is 117 Å². The van der Waals surface area contributed by atoms with Crippen LogP contribution in [0.2, 0.25) is 0 Å². The first-order chi connectivity index (χ1) is 9.51. The number of allylic oxidation sites excluding steroid dienone is 1. The highest BCUT2D eigenvalue weighted by Gasteiger charge is 2.11. The number of phenolic OH excluding ortho intramolecular Hbond substituents is 1. The molecule has 0 aliphatic rings. The van der Waals surface area contributed by atoms with E-state index in [1.54, 1.807) is 12.1 Å². The van der Waals surface area contributed by atoms with E-state index in [9.17, 15) is 15.0 Å². The van der Waals surface area contributed by atoms with E-state index in [1.807, 2.05) is 0 Å².